The molecule has 4 rings (SSSR count). The SMILES string of the molecule is COc1cc2cc(-c3c(Cl)nc(N)nc3N[C@@H]3C[C@H](CO)[C@@H](O)[C@H]3O)oc2c(C)n1.Cl. The number of nitrogen functional groups attached to an aromatic ring is 1. The minimum atomic E-state index is -1.10. The molecule has 0 aromatic carbocycles. The number of hydrogen-bond donors (Lipinski definition) is 5. The monoisotopic (exact) mass is 471 g/mol. The molecule has 0 saturated heterocycles. The smallest absolute Gasteiger partial charge is 0.223 e. The summed E-state index contributed by atoms with van der Waals surface area (Å²) in [6.07, 6.45) is -1.82. The number of pyridine rings is 1. The number of methoxy groups -OCH3 is 1. The Bertz CT molecular complexity index is 1100. The molecule has 0 radical (unpaired) electrons. The first-order valence-electron chi connectivity index (χ1n) is 9.34. The number of rotatable bonds is 5. The maximum Gasteiger partial charge on any atom is 0.223 e. The topological polar surface area (TPSA) is 160 Å². The third-order valence-electron chi connectivity index (χ3n) is 5.34. The highest BCUT2D eigenvalue weighted by Crippen LogP contribution is 2.39. The number of nitrogens with one attached hydrogen (secondary N) is 1. The largest absolute Gasteiger partial charge is 0.481 e. The molecule has 12 heteroatoms. The highest BCUT2D eigenvalue weighted by molar-refractivity contribution is 6.32. The highest BCUT2D eigenvalue weighted by Gasteiger charge is 2.41. The molecule has 0 unspecified atom stereocenters. The molecule has 0 spiro atoms. The Labute approximate surface area is 188 Å². The molecule has 3 aromatic heterocycles. The minimum absolute atomic E-state index is 0. The van der Waals surface area contributed by atoms with E-state index in [1.807, 2.05) is 0 Å². The number of furan rings is 1. The number of halogens is 2. The van der Waals surface area contributed by atoms with E-state index in [0.29, 0.717) is 34.9 Å². The van der Waals surface area contributed by atoms with Gasteiger partial charge in [0.2, 0.25) is 11.8 Å². The summed E-state index contributed by atoms with van der Waals surface area (Å²) < 4.78 is 11.2. The van der Waals surface area contributed by atoms with Crippen molar-refractivity contribution in [1.29, 1.82) is 0 Å². The van der Waals surface area contributed by atoms with Crippen molar-refractivity contribution < 1.29 is 24.5 Å². The van der Waals surface area contributed by atoms with Crippen molar-refractivity contribution in [2.24, 2.45) is 5.92 Å². The number of hydrogen-bond acceptors (Lipinski definition) is 10. The number of fused-ring (bicyclic) bond motifs is 1. The molecule has 1 aliphatic carbocycles. The van der Waals surface area contributed by atoms with E-state index in [-0.39, 0.29) is 35.9 Å². The van der Waals surface area contributed by atoms with Crippen LogP contribution in [0.25, 0.3) is 22.3 Å². The van der Waals surface area contributed by atoms with E-state index in [9.17, 15) is 15.3 Å². The quantitative estimate of drug-likeness (QED) is 0.346. The van der Waals surface area contributed by atoms with Gasteiger partial charge in [-0.25, -0.2) is 9.97 Å². The van der Waals surface area contributed by atoms with Crippen molar-refractivity contribution in [1.82, 2.24) is 15.0 Å². The van der Waals surface area contributed by atoms with Gasteiger partial charge < -0.3 is 35.5 Å². The molecule has 1 fully saturated rings. The summed E-state index contributed by atoms with van der Waals surface area (Å²) in [6, 6.07) is 2.92. The van der Waals surface area contributed by atoms with Gasteiger partial charge in [-0.1, -0.05) is 11.6 Å². The van der Waals surface area contributed by atoms with Crippen molar-refractivity contribution >= 4 is 46.7 Å². The highest BCUT2D eigenvalue weighted by atomic mass is 35.5. The number of aryl methyl sites for hydroxylation is 1. The molecule has 3 aromatic rings. The molecule has 1 aliphatic rings. The minimum Gasteiger partial charge on any atom is -0.481 e. The number of ether oxygens (including phenoxy) is 1. The number of aliphatic hydroxyl groups is 3. The Kier molecular flexibility index (Phi) is 6.77. The van der Waals surface area contributed by atoms with Gasteiger partial charge in [0.15, 0.2) is 5.58 Å². The second-order valence-electron chi connectivity index (χ2n) is 7.29. The van der Waals surface area contributed by atoms with Gasteiger partial charge in [-0.2, -0.15) is 4.98 Å². The van der Waals surface area contributed by atoms with Crippen LogP contribution in [0.1, 0.15) is 12.1 Å². The summed E-state index contributed by atoms with van der Waals surface area (Å²) in [7, 11) is 1.53. The van der Waals surface area contributed by atoms with Crippen LogP contribution in [0.15, 0.2) is 16.5 Å². The third-order valence-corrected chi connectivity index (χ3v) is 5.62. The van der Waals surface area contributed by atoms with Gasteiger partial charge in [-0.15, -0.1) is 12.4 Å². The fraction of sp³-hybridized carbons (Fsp3) is 0.421. The van der Waals surface area contributed by atoms with E-state index in [0.717, 1.165) is 5.39 Å². The summed E-state index contributed by atoms with van der Waals surface area (Å²) in [6.45, 7) is 1.55. The fourth-order valence-corrected chi connectivity index (χ4v) is 4.07. The van der Waals surface area contributed by atoms with Crippen LogP contribution in [0.2, 0.25) is 5.15 Å². The second-order valence-corrected chi connectivity index (χ2v) is 7.64. The van der Waals surface area contributed by atoms with Gasteiger partial charge in [0.25, 0.3) is 0 Å². The number of aliphatic hydroxyl groups excluding tert-OH is 3. The van der Waals surface area contributed by atoms with Crippen LogP contribution in [0, 0.1) is 12.8 Å². The molecule has 168 valence electrons. The van der Waals surface area contributed by atoms with E-state index in [4.69, 9.17) is 26.5 Å². The average molecular weight is 472 g/mol. The van der Waals surface area contributed by atoms with Crippen LogP contribution in [0.4, 0.5) is 11.8 Å². The lowest BCUT2D eigenvalue weighted by molar-refractivity contribution is 0.00446. The van der Waals surface area contributed by atoms with Gasteiger partial charge in [0.1, 0.15) is 22.8 Å². The number of anilines is 2. The summed E-state index contributed by atoms with van der Waals surface area (Å²) in [5, 5.41) is 33.8. The van der Waals surface area contributed by atoms with Crippen LogP contribution < -0.4 is 15.8 Å². The van der Waals surface area contributed by atoms with Crippen LogP contribution in [-0.4, -0.2) is 62.2 Å². The predicted molar refractivity (Wildman–Crippen MR) is 118 cm³/mol. The van der Waals surface area contributed by atoms with E-state index in [1.165, 1.54) is 7.11 Å². The Hall–Kier alpha value is -2.37. The zero-order valence-corrected chi connectivity index (χ0v) is 18.3. The first-order valence-corrected chi connectivity index (χ1v) is 9.72. The Morgan fingerprint density at radius 2 is 2.00 bits per heavy atom. The van der Waals surface area contributed by atoms with Gasteiger partial charge >= 0.3 is 0 Å². The summed E-state index contributed by atoms with van der Waals surface area (Å²) in [5.41, 5.74) is 7.33. The normalized spacial score (nSPS) is 23.0. The molecule has 6 N–H and O–H groups in total. The van der Waals surface area contributed by atoms with Crippen molar-refractivity contribution in [3.63, 3.8) is 0 Å². The predicted octanol–water partition coefficient (Wildman–Crippen LogP) is 1.77. The standard InChI is InChI=1S/C19H22ClN5O5.ClH/c1-7-16-8(5-12(22-7)29-2)4-11(30-16)13-17(20)24-19(21)25-18(13)23-10-3-9(6-26)14(27)15(10)28;/h4-5,9-10,14-15,26-28H,3,6H2,1-2H3,(H3,21,23,24,25);1H/t9-,10-,14-,15+;/m1./s1. The van der Waals surface area contributed by atoms with Crippen LogP contribution >= 0.6 is 24.0 Å². The zero-order chi connectivity index (χ0) is 21.6. The van der Waals surface area contributed by atoms with Crippen molar-refractivity contribution in [3.05, 3.63) is 23.0 Å². The lowest BCUT2D eigenvalue weighted by Gasteiger charge is -2.20. The van der Waals surface area contributed by atoms with Crippen LogP contribution in [-0.2, 0) is 0 Å². The molecular formula is C19H23Cl2N5O5. The van der Waals surface area contributed by atoms with Gasteiger partial charge in [0, 0.05) is 24.0 Å². The Morgan fingerprint density at radius 1 is 1.26 bits per heavy atom. The molecule has 3 heterocycles. The van der Waals surface area contributed by atoms with E-state index < -0.39 is 24.2 Å². The first-order chi connectivity index (χ1) is 14.3. The second kappa shape index (κ2) is 9.01. The van der Waals surface area contributed by atoms with Crippen LogP contribution in [0.3, 0.4) is 0 Å². The summed E-state index contributed by atoms with van der Waals surface area (Å²) in [5.74, 6) is 0.557. The zero-order valence-electron chi connectivity index (χ0n) is 16.7. The summed E-state index contributed by atoms with van der Waals surface area (Å²) >= 11 is 6.38. The van der Waals surface area contributed by atoms with Crippen molar-refractivity contribution in [2.75, 3.05) is 24.8 Å². The van der Waals surface area contributed by atoms with Gasteiger partial charge in [0.05, 0.1) is 30.5 Å². The summed E-state index contributed by atoms with van der Waals surface area (Å²) in [4.78, 5) is 12.5. The number of nitrogens with two attached hydrogens (primary N) is 1. The number of aromatic nitrogens is 3. The average Bonchev–Trinajstić information content (AvgIpc) is 3.24. The van der Waals surface area contributed by atoms with Crippen molar-refractivity contribution in [2.45, 2.75) is 31.6 Å². The lowest BCUT2D eigenvalue weighted by atomic mass is 10.1. The van der Waals surface area contributed by atoms with E-state index >= 15 is 0 Å². The first kappa shape index (κ1) is 23.3. The van der Waals surface area contributed by atoms with E-state index in [2.05, 4.69) is 20.3 Å². The van der Waals surface area contributed by atoms with Crippen LogP contribution in [0.5, 0.6) is 5.88 Å². The van der Waals surface area contributed by atoms with Gasteiger partial charge in [-0.05, 0) is 19.4 Å². The molecule has 0 bridgehead atoms. The Balaban J connectivity index is 0.00000272. The third kappa shape index (κ3) is 4.21. The van der Waals surface area contributed by atoms with E-state index in [1.54, 1.807) is 19.1 Å². The Morgan fingerprint density at radius 3 is 2.65 bits per heavy atom. The number of nitrogens with zero attached hydrogens (tertiary/aromatic N) is 3. The fourth-order valence-electron chi connectivity index (χ4n) is 3.80. The maximum absolute atomic E-state index is 10.4. The van der Waals surface area contributed by atoms with Crippen molar-refractivity contribution in [3.8, 4) is 17.2 Å². The molecule has 0 aliphatic heterocycles. The van der Waals surface area contributed by atoms with Gasteiger partial charge in [-0.3, -0.25) is 0 Å². The molecule has 0 amide bonds. The molecule has 10 nitrogen and oxygen atoms in total. The maximum atomic E-state index is 10.4. The molecule has 1 saturated carbocycles. The molecule has 31 heavy (non-hydrogen) atoms. The lowest BCUT2D eigenvalue weighted by Crippen LogP contribution is -2.35. The molecular weight excluding hydrogens is 449 g/mol. The molecule has 4 atom stereocenters.